The fourth-order valence-electron chi connectivity index (χ4n) is 11.7. The summed E-state index contributed by atoms with van der Waals surface area (Å²) < 4.78 is 29.9. The number of imide groups is 1. The smallest absolute Gasteiger partial charge is 0.333 e. The highest BCUT2D eigenvalue weighted by Crippen LogP contribution is 2.44. The van der Waals surface area contributed by atoms with Crippen LogP contribution in [0.5, 0.6) is 23.0 Å². The lowest BCUT2D eigenvalue weighted by molar-refractivity contribution is -0.197. The first-order chi connectivity index (χ1) is 43.5. The highest BCUT2D eigenvalue weighted by molar-refractivity contribution is 6.15. The van der Waals surface area contributed by atoms with E-state index in [0.717, 1.165) is 28.9 Å². The number of fused-ring (bicyclic) bond motifs is 8. The number of nitrogens with zero attached hydrogens (tertiary/aromatic N) is 4. The summed E-state index contributed by atoms with van der Waals surface area (Å²) in [7, 11) is 3.06. The van der Waals surface area contributed by atoms with Gasteiger partial charge < -0.3 is 49.4 Å². The number of hydrogen-bond acceptors (Lipinski definition) is 16. The second-order valence-electron chi connectivity index (χ2n) is 23.1. The molecule has 7 amide bonds. The van der Waals surface area contributed by atoms with Gasteiger partial charge in [-0.2, -0.15) is 0 Å². The predicted octanol–water partition coefficient (Wildman–Crippen LogP) is 8.86. The Balaban J connectivity index is 0.721. The van der Waals surface area contributed by atoms with E-state index in [1.54, 1.807) is 74.4 Å². The minimum Gasteiger partial charge on any atom is -0.493 e. The Morgan fingerprint density at radius 2 is 1.26 bits per heavy atom. The van der Waals surface area contributed by atoms with Crippen molar-refractivity contribution < 1.29 is 71.7 Å². The highest BCUT2D eigenvalue weighted by atomic mass is 16.7. The van der Waals surface area contributed by atoms with Crippen LogP contribution in [0.25, 0.3) is 5.57 Å². The molecule has 22 heteroatoms. The van der Waals surface area contributed by atoms with Gasteiger partial charge in [0.2, 0.25) is 17.7 Å². The van der Waals surface area contributed by atoms with Crippen LogP contribution in [0.1, 0.15) is 134 Å². The van der Waals surface area contributed by atoms with Crippen molar-refractivity contribution in [1.29, 1.82) is 0 Å². The molecular formula is C68H73N7O15. The van der Waals surface area contributed by atoms with E-state index in [4.69, 9.17) is 33.5 Å². The maximum atomic E-state index is 14.8. The Labute approximate surface area is 521 Å². The molecule has 22 nitrogen and oxygen atoms in total. The Morgan fingerprint density at radius 1 is 0.644 bits per heavy atom. The number of para-hydroxylation sites is 2. The number of amides is 7. The van der Waals surface area contributed by atoms with Crippen LogP contribution in [0.15, 0.2) is 108 Å². The third-order valence-corrected chi connectivity index (χ3v) is 16.5. The number of hydroxylamine groups is 2. The molecule has 5 aliphatic rings. The molecule has 5 aromatic carbocycles. The van der Waals surface area contributed by atoms with Crippen molar-refractivity contribution in [1.82, 2.24) is 15.7 Å². The topological polar surface area (TPSA) is 267 Å². The van der Waals surface area contributed by atoms with Crippen LogP contribution < -0.4 is 44.7 Å². The van der Waals surface area contributed by atoms with E-state index in [1.807, 2.05) is 59.6 Å². The monoisotopic (exact) mass is 1230 g/mol. The number of carbonyl (C=O) groups excluding carboxylic acids is 9. The van der Waals surface area contributed by atoms with Crippen molar-refractivity contribution in [3.8, 4) is 23.0 Å². The van der Waals surface area contributed by atoms with Crippen LogP contribution in [-0.2, 0) is 62.6 Å². The van der Waals surface area contributed by atoms with Crippen molar-refractivity contribution in [3.63, 3.8) is 0 Å². The minimum atomic E-state index is -1.000. The van der Waals surface area contributed by atoms with Gasteiger partial charge in [0.05, 0.1) is 50.3 Å². The summed E-state index contributed by atoms with van der Waals surface area (Å²) in [6.45, 7) is 5.58. The molecule has 0 saturated carbocycles. The predicted molar refractivity (Wildman–Crippen MR) is 333 cm³/mol. The lowest BCUT2D eigenvalue weighted by Gasteiger charge is -2.30. The van der Waals surface area contributed by atoms with E-state index in [1.165, 1.54) is 20.1 Å². The van der Waals surface area contributed by atoms with Gasteiger partial charge in [-0.3, -0.25) is 43.5 Å². The largest absolute Gasteiger partial charge is 0.493 e. The average molecular weight is 1230 g/mol. The summed E-state index contributed by atoms with van der Waals surface area (Å²) in [5.74, 6) is -3.10. The van der Waals surface area contributed by atoms with Crippen LogP contribution in [-0.4, -0.2) is 116 Å². The van der Waals surface area contributed by atoms with E-state index >= 15 is 0 Å². The van der Waals surface area contributed by atoms with Gasteiger partial charge in [0, 0.05) is 73.6 Å². The van der Waals surface area contributed by atoms with Gasteiger partial charge in [0.1, 0.15) is 18.7 Å². The number of methoxy groups -OCH3 is 2. The van der Waals surface area contributed by atoms with Gasteiger partial charge in [-0.25, -0.2) is 9.59 Å². The zero-order valence-electron chi connectivity index (χ0n) is 51.0. The number of hydrogen-bond donors (Lipinski definition) is 3. The van der Waals surface area contributed by atoms with Gasteiger partial charge >= 0.3 is 11.9 Å². The quantitative estimate of drug-likeness (QED) is 0.0213. The molecule has 10 rings (SSSR count). The zero-order valence-corrected chi connectivity index (χ0v) is 51.0. The zero-order chi connectivity index (χ0) is 63.6. The molecule has 1 fully saturated rings. The fraction of sp³-hybridized carbons (Fsp3) is 0.382. The fourth-order valence-corrected chi connectivity index (χ4v) is 11.7. The van der Waals surface area contributed by atoms with Gasteiger partial charge in [-0.15, -0.1) is 5.06 Å². The number of anilines is 3. The maximum absolute atomic E-state index is 14.8. The number of esters is 1. The highest BCUT2D eigenvalue weighted by Gasteiger charge is 2.40. The van der Waals surface area contributed by atoms with E-state index in [2.05, 4.69) is 16.0 Å². The molecule has 5 aliphatic heterocycles. The Morgan fingerprint density at radius 3 is 1.93 bits per heavy atom. The number of unbranched alkanes of at least 4 members (excludes halogenated alkanes) is 3. The molecule has 4 atom stereocenters. The maximum Gasteiger partial charge on any atom is 0.333 e. The SMILES string of the molecule is COc1cc2c(cc1OCCCCCOc1cc3c(cc1OC)C(=O)N1c4ccccc4C[C@H]1CC/C3=C/C(=O)OCc1ccc(NC(=O)[C@H](C)NC(=O)[C@@H](NC(=O)CCCCC(=O)ON3C(=O)CCC3=O)C(C)C)cc1)N=C[C@@H]1Cc3ccccc3N1C2=O. The van der Waals surface area contributed by atoms with Gasteiger partial charge in [-0.1, -0.05) is 62.4 Å². The van der Waals surface area contributed by atoms with Gasteiger partial charge in [0.15, 0.2) is 23.0 Å². The first-order valence-corrected chi connectivity index (χ1v) is 30.5. The average Bonchev–Trinajstić information content (AvgIpc) is 1.55. The molecule has 5 aromatic rings. The molecule has 0 unspecified atom stereocenters. The minimum absolute atomic E-state index is 0.00885. The molecule has 1 saturated heterocycles. The molecule has 470 valence electrons. The van der Waals surface area contributed by atoms with Crippen molar-refractivity contribution in [2.45, 2.75) is 135 Å². The van der Waals surface area contributed by atoms with Gasteiger partial charge in [0.25, 0.3) is 23.6 Å². The van der Waals surface area contributed by atoms with Crippen molar-refractivity contribution in [2.75, 3.05) is 42.5 Å². The van der Waals surface area contributed by atoms with Crippen LogP contribution in [0.4, 0.5) is 22.7 Å². The molecule has 0 spiro atoms. The first-order valence-electron chi connectivity index (χ1n) is 30.5. The summed E-state index contributed by atoms with van der Waals surface area (Å²) in [6, 6.07) is 27.0. The molecule has 0 bridgehead atoms. The summed E-state index contributed by atoms with van der Waals surface area (Å²) in [4.78, 5) is 131. The number of benzene rings is 5. The van der Waals surface area contributed by atoms with Crippen LogP contribution in [0, 0.1) is 5.92 Å². The number of allylic oxidation sites excluding steroid dienone is 1. The van der Waals surface area contributed by atoms with E-state index in [-0.39, 0.29) is 74.9 Å². The standard InChI is InChI=1S/C68H73N7O15/c1-40(2)64(72-59(76)19-11-12-20-62(79)90-75-60(77)27-28-61(75)78)66(82)70-41(3)65(81)71-46-24-21-42(22-25-46)39-89-63(80)33-43-23-26-47-31-44-15-7-9-17-53(44)73(47)67(83)50-35-55(85-4)57(34-49(43)50)87-29-13-6-14-30-88-58-37-52-51(36-56(58)86-5)68(84)74-48(38-69-52)32-45-16-8-10-18-54(45)74/h7-10,15-18,21-22,24-25,33-38,40-41,47-48,64H,6,11-14,19-20,23,26-32,39H2,1-5H3,(H,70,82)(H,71,81)(H,72,76)/b43-33-/t41-,47+,48-,64-/m0/s1. The van der Waals surface area contributed by atoms with Gasteiger partial charge in [-0.05, 0) is 134 Å². The molecule has 0 radical (unpaired) electrons. The molecule has 0 aliphatic carbocycles. The van der Waals surface area contributed by atoms with Crippen LogP contribution >= 0.6 is 0 Å². The molecular weight excluding hydrogens is 1150 g/mol. The molecule has 90 heavy (non-hydrogen) atoms. The summed E-state index contributed by atoms with van der Waals surface area (Å²) in [6.07, 6.45) is 8.05. The van der Waals surface area contributed by atoms with E-state index in [9.17, 15) is 43.2 Å². The lowest BCUT2D eigenvalue weighted by Crippen LogP contribution is -2.53. The summed E-state index contributed by atoms with van der Waals surface area (Å²) in [5, 5.41) is 8.61. The second-order valence-corrected chi connectivity index (χ2v) is 23.1. The number of ether oxygens (including phenoxy) is 5. The van der Waals surface area contributed by atoms with Crippen molar-refractivity contribution in [3.05, 3.63) is 137 Å². The number of aliphatic imine (C=N–C) groups is 1. The Hall–Kier alpha value is -9.86. The summed E-state index contributed by atoms with van der Waals surface area (Å²) in [5.41, 5.74) is 7.37. The molecule has 0 aromatic heterocycles. The molecule has 3 N–H and O–H groups in total. The van der Waals surface area contributed by atoms with Crippen molar-refractivity contribution in [2.24, 2.45) is 10.9 Å². The van der Waals surface area contributed by atoms with Crippen LogP contribution in [0.2, 0.25) is 0 Å². The number of rotatable bonds is 25. The third kappa shape index (κ3) is 14.5. The van der Waals surface area contributed by atoms with E-state index < -0.39 is 53.6 Å². The first kappa shape index (κ1) is 63.2. The number of nitrogens with one attached hydrogen (secondary N) is 3. The summed E-state index contributed by atoms with van der Waals surface area (Å²) >= 11 is 0. The lowest BCUT2D eigenvalue weighted by atomic mass is 9.90. The van der Waals surface area contributed by atoms with Crippen molar-refractivity contribution >= 4 is 87.8 Å². The number of carbonyl (C=O) groups is 9. The third-order valence-electron chi connectivity index (χ3n) is 16.5. The Kier molecular flexibility index (Phi) is 20.0. The second kappa shape index (κ2) is 28.5. The van der Waals surface area contributed by atoms with Crippen LogP contribution in [0.3, 0.4) is 0 Å². The molecule has 5 heterocycles. The van der Waals surface area contributed by atoms with E-state index in [0.29, 0.717) is 119 Å². The Bertz CT molecular complexity index is 3660. The normalized spacial score (nSPS) is 17.4.